The van der Waals surface area contributed by atoms with Gasteiger partial charge in [0, 0.05) is 19.3 Å². The summed E-state index contributed by atoms with van der Waals surface area (Å²) in [5, 5.41) is 0. The van der Waals surface area contributed by atoms with Crippen molar-refractivity contribution in [3.05, 3.63) is 72.9 Å². The highest BCUT2D eigenvalue weighted by atomic mass is 16.6. The molecule has 0 rings (SSSR count). The van der Waals surface area contributed by atoms with Crippen LogP contribution in [0.1, 0.15) is 355 Å². The Hall–Kier alpha value is -3.15. The smallest absolute Gasteiger partial charge is 0.306 e. The van der Waals surface area contributed by atoms with Gasteiger partial charge in [-0.15, -0.1) is 0 Å². The summed E-state index contributed by atoms with van der Waals surface area (Å²) in [6.45, 7) is 6.51. The van der Waals surface area contributed by atoms with Crippen LogP contribution in [0.2, 0.25) is 0 Å². The molecule has 0 saturated heterocycles. The Bertz CT molecular complexity index is 1450. The summed E-state index contributed by atoms with van der Waals surface area (Å²) in [6, 6.07) is 0. The van der Waals surface area contributed by atoms with Gasteiger partial charge in [-0.2, -0.15) is 0 Å². The van der Waals surface area contributed by atoms with Crippen LogP contribution in [0.15, 0.2) is 72.9 Å². The predicted molar refractivity (Wildman–Crippen MR) is 344 cm³/mol. The molecule has 0 N–H and O–H groups in total. The lowest BCUT2D eigenvalue weighted by atomic mass is 10.0. The van der Waals surface area contributed by atoms with Crippen LogP contribution in [0.25, 0.3) is 0 Å². The number of rotatable bonds is 63. The highest BCUT2D eigenvalue weighted by Gasteiger charge is 2.19. The molecule has 0 aliphatic carbocycles. The van der Waals surface area contributed by atoms with Crippen LogP contribution in [0.3, 0.4) is 0 Å². The zero-order valence-electron chi connectivity index (χ0n) is 52.6. The summed E-state index contributed by atoms with van der Waals surface area (Å²) >= 11 is 0. The number of hydrogen-bond donors (Lipinski definition) is 0. The predicted octanol–water partition coefficient (Wildman–Crippen LogP) is 23.7. The fraction of sp³-hybridized carbons (Fsp3) is 0.795. The summed E-state index contributed by atoms with van der Waals surface area (Å²) in [5.41, 5.74) is 0. The maximum Gasteiger partial charge on any atom is 0.306 e. The van der Waals surface area contributed by atoms with Crippen molar-refractivity contribution >= 4 is 17.9 Å². The van der Waals surface area contributed by atoms with Crippen LogP contribution in [0.5, 0.6) is 0 Å². The van der Waals surface area contributed by atoms with Gasteiger partial charge in [-0.05, 0) is 103 Å². The summed E-state index contributed by atoms with van der Waals surface area (Å²) in [7, 11) is 0. The lowest BCUT2D eigenvalue weighted by Gasteiger charge is -2.18. The Morgan fingerprint density at radius 2 is 0.506 bits per heavy atom. The largest absolute Gasteiger partial charge is 0.462 e. The van der Waals surface area contributed by atoms with E-state index in [-0.39, 0.29) is 31.1 Å². The first-order chi connectivity index (χ1) is 39.0. The molecule has 0 aliphatic heterocycles. The van der Waals surface area contributed by atoms with Gasteiger partial charge in [0.15, 0.2) is 6.10 Å². The molecule has 0 aromatic heterocycles. The standard InChI is InChI=1S/C73H130O6/c1-4-7-10-13-16-19-22-24-26-28-29-30-31-32-33-34-35-36-37-38-39-40-41-42-43-45-46-48-51-54-57-60-63-66-72(75)78-69-70(68-77-71(74)65-62-59-56-53-50-21-18-15-12-9-6-3)79-73(76)67-64-61-58-55-52-49-47-44-27-25-23-20-17-14-11-8-5-2/h8,11,15,17-18,20,22,24-25,27-29,70H,4-7,9-10,12-14,16,19,21,23,26,30-69H2,1-3H3/b11-8-,18-15-,20-17-,24-22-,27-25-,29-28-. The van der Waals surface area contributed by atoms with Gasteiger partial charge >= 0.3 is 17.9 Å². The molecular weight excluding hydrogens is 973 g/mol. The highest BCUT2D eigenvalue weighted by molar-refractivity contribution is 5.71. The molecule has 0 fully saturated rings. The Morgan fingerprint density at radius 1 is 0.266 bits per heavy atom. The van der Waals surface area contributed by atoms with Crippen molar-refractivity contribution in [2.45, 2.75) is 361 Å². The first kappa shape index (κ1) is 75.8. The molecule has 0 aromatic rings. The molecule has 6 heteroatoms. The topological polar surface area (TPSA) is 78.9 Å². The minimum Gasteiger partial charge on any atom is -0.462 e. The van der Waals surface area contributed by atoms with Crippen molar-refractivity contribution < 1.29 is 28.6 Å². The zero-order valence-corrected chi connectivity index (χ0v) is 52.6. The van der Waals surface area contributed by atoms with E-state index in [0.29, 0.717) is 19.3 Å². The molecule has 0 amide bonds. The third kappa shape index (κ3) is 65.5. The zero-order chi connectivity index (χ0) is 57.1. The number of esters is 3. The number of ether oxygens (including phenoxy) is 3. The quantitative estimate of drug-likeness (QED) is 0.0261. The molecule has 79 heavy (non-hydrogen) atoms. The third-order valence-corrected chi connectivity index (χ3v) is 15.2. The van der Waals surface area contributed by atoms with E-state index >= 15 is 0 Å². The molecule has 458 valence electrons. The van der Waals surface area contributed by atoms with E-state index in [2.05, 4.69) is 93.7 Å². The Labute approximate surface area is 491 Å². The number of carbonyl (C=O) groups is 3. The van der Waals surface area contributed by atoms with Crippen LogP contribution in [-0.4, -0.2) is 37.2 Å². The molecular formula is C73H130O6. The van der Waals surface area contributed by atoms with Crippen molar-refractivity contribution in [2.24, 2.45) is 0 Å². The molecule has 0 bridgehead atoms. The first-order valence-electron chi connectivity index (χ1n) is 34.4. The van der Waals surface area contributed by atoms with Crippen LogP contribution in [0.4, 0.5) is 0 Å². The average molecular weight is 1100 g/mol. The van der Waals surface area contributed by atoms with Crippen LogP contribution < -0.4 is 0 Å². The molecule has 0 saturated carbocycles. The van der Waals surface area contributed by atoms with E-state index in [1.165, 1.54) is 218 Å². The summed E-state index contributed by atoms with van der Waals surface area (Å²) < 4.78 is 16.9. The van der Waals surface area contributed by atoms with Crippen LogP contribution >= 0.6 is 0 Å². The first-order valence-corrected chi connectivity index (χ1v) is 34.4. The fourth-order valence-corrected chi connectivity index (χ4v) is 10.0. The van der Waals surface area contributed by atoms with E-state index in [1.54, 1.807) is 0 Å². The van der Waals surface area contributed by atoms with E-state index in [9.17, 15) is 14.4 Å². The monoisotopic (exact) mass is 1100 g/mol. The highest BCUT2D eigenvalue weighted by Crippen LogP contribution is 2.18. The second-order valence-electron chi connectivity index (χ2n) is 23.1. The van der Waals surface area contributed by atoms with Gasteiger partial charge in [0.1, 0.15) is 13.2 Å². The van der Waals surface area contributed by atoms with Gasteiger partial charge in [-0.1, -0.05) is 306 Å². The number of allylic oxidation sites excluding steroid dienone is 12. The lowest BCUT2D eigenvalue weighted by molar-refractivity contribution is -0.167. The van der Waals surface area contributed by atoms with E-state index in [4.69, 9.17) is 14.2 Å². The fourth-order valence-electron chi connectivity index (χ4n) is 10.0. The SMILES string of the molecule is CC/C=C\C/C=C\C/C=C\CCCCCCCCCC(=O)OC(COC(=O)CCCCCCC/C=C\CCCC)COC(=O)CCCCCCCCCCCCCCCCCCCCCCC/C=C\C/C=C\CCCCCCC. The molecule has 0 aromatic carbocycles. The maximum atomic E-state index is 12.9. The van der Waals surface area contributed by atoms with Crippen molar-refractivity contribution in [3.8, 4) is 0 Å². The van der Waals surface area contributed by atoms with Crippen LogP contribution in [0, 0.1) is 0 Å². The Balaban J connectivity index is 4.10. The summed E-state index contributed by atoms with van der Waals surface area (Å²) in [5.74, 6) is -0.883. The molecule has 0 radical (unpaired) electrons. The minimum atomic E-state index is -0.783. The summed E-state index contributed by atoms with van der Waals surface area (Å²) in [4.78, 5) is 38.3. The van der Waals surface area contributed by atoms with Gasteiger partial charge in [-0.3, -0.25) is 14.4 Å². The van der Waals surface area contributed by atoms with Gasteiger partial charge in [0.25, 0.3) is 0 Å². The minimum absolute atomic E-state index is 0.0789. The van der Waals surface area contributed by atoms with Gasteiger partial charge in [-0.25, -0.2) is 0 Å². The van der Waals surface area contributed by atoms with E-state index in [1.807, 2.05) is 0 Å². The van der Waals surface area contributed by atoms with Crippen molar-refractivity contribution in [2.75, 3.05) is 13.2 Å². The van der Waals surface area contributed by atoms with Gasteiger partial charge < -0.3 is 14.2 Å². The second kappa shape index (κ2) is 67.4. The van der Waals surface area contributed by atoms with Crippen molar-refractivity contribution in [3.63, 3.8) is 0 Å². The summed E-state index contributed by atoms with van der Waals surface area (Å²) in [6.07, 6.45) is 88.0. The molecule has 6 nitrogen and oxygen atoms in total. The normalized spacial score (nSPS) is 12.5. The Morgan fingerprint density at radius 3 is 0.823 bits per heavy atom. The number of hydrogen-bond acceptors (Lipinski definition) is 6. The van der Waals surface area contributed by atoms with Crippen molar-refractivity contribution in [1.82, 2.24) is 0 Å². The van der Waals surface area contributed by atoms with Gasteiger partial charge in [0.05, 0.1) is 0 Å². The van der Waals surface area contributed by atoms with E-state index < -0.39 is 6.10 Å². The maximum absolute atomic E-state index is 12.9. The van der Waals surface area contributed by atoms with Gasteiger partial charge in [0.2, 0.25) is 0 Å². The number of carbonyl (C=O) groups excluding carboxylic acids is 3. The lowest BCUT2D eigenvalue weighted by Crippen LogP contribution is -2.30. The van der Waals surface area contributed by atoms with E-state index in [0.717, 1.165) is 96.3 Å². The molecule has 0 spiro atoms. The third-order valence-electron chi connectivity index (χ3n) is 15.2. The molecule has 1 unspecified atom stereocenters. The van der Waals surface area contributed by atoms with Crippen LogP contribution in [-0.2, 0) is 28.6 Å². The Kier molecular flexibility index (Phi) is 64.7. The molecule has 0 heterocycles. The number of unbranched alkanes of at least 4 members (excludes halogenated alkanes) is 40. The molecule has 0 aliphatic rings. The molecule has 1 atom stereocenters. The van der Waals surface area contributed by atoms with Crippen molar-refractivity contribution in [1.29, 1.82) is 0 Å². The average Bonchev–Trinajstić information content (AvgIpc) is 3.45. The second-order valence-corrected chi connectivity index (χ2v) is 23.1.